The molecule has 1 fully saturated rings. The van der Waals surface area contributed by atoms with Crippen LogP contribution in [0.5, 0.6) is 0 Å². The maximum absolute atomic E-state index is 13.1. The van der Waals surface area contributed by atoms with Crippen molar-refractivity contribution in [3.05, 3.63) is 38.2 Å². The van der Waals surface area contributed by atoms with Crippen LogP contribution >= 0.6 is 23.6 Å². The quantitative estimate of drug-likeness (QED) is 0.624. The molecule has 1 saturated heterocycles. The second-order valence-electron chi connectivity index (χ2n) is 6.53. The van der Waals surface area contributed by atoms with E-state index in [9.17, 15) is 4.79 Å². The number of pyridine rings is 2. The fourth-order valence-corrected chi connectivity index (χ4v) is 4.29. The molecule has 0 spiro atoms. The molecule has 7 nitrogen and oxygen atoms in total. The van der Waals surface area contributed by atoms with Crippen molar-refractivity contribution in [2.24, 2.45) is 0 Å². The van der Waals surface area contributed by atoms with Gasteiger partial charge in [-0.15, -0.1) is 0 Å². The summed E-state index contributed by atoms with van der Waals surface area (Å²) in [6.07, 6.45) is 1.85. The van der Waals surface area contributed by atoms with E-state index in [-0.39, 0.29) is 5.43 Å². The van der Waals surface area contributed by atoms with Crippen LogP contribution < -0.4 is 5.43 Å². The Hall–Kier alpha value is -1.94. The summed E-state index contributed by atoms with van der Waals surface area (Å²) in [6, 6.07) is 3.71. The maximum Gasteiger partial charge on any atom is 0.201 e. The Labute approximate surface area is 165 Å². The zero-order valence-corrected chi connectivity index (χ0v) is 17.0. The van der Waals surface area contributed by atoms with Crippen LogP contribution in [0, 0.1) is 10.9 Å². The second kappa shape index (κ2) is 7.59. The number of aromatic nitrogens is 4. The topological polar surface area (TPSA) is 65.2 Å². The lowest BCUT2D eigenvalue weighted by Gasteiger charge is -2.26. The first-order valence-corrected chi connectivity index (χ1v) is 10.2. The first-order valence-electron chi connectivity index (χ1n) is 8.96. The molecule has 0 radical (unpaired) electrons. The zero-order chi connectivity index (χ0) is 19.0. The van der Waals surface area contributed by atoms with Crippen LogP contribution in [0.1, 0.15) is 12.6 Å². The molecular weight excluding hydrogens is 382 g/mol. The summed E-state index contributed by atoms with van der Waals surface area (Å²) in [7, 11) is 0. The van der Waals surface area contributed by atoms with E-state index in [2.05, 4.69) is 15.0 Å². The number of fused-ring (bicyclic) bond motifs is 1. The van der Waals surface area contributed by atoms with Gasteiger partial charge in [0.2, 0.25) is 5.43 Å². The third-order valence-corrected chi connectivity index (χ3v) is 6.02. The van der Waals surface area contributed by atoms with Crippen molar-refractivity contribution in [2.45, 2.75) is 27.1 Å². The van der Waals surface area contributed by atoms with Crippen molar-refractivity contribution in [2.75, 3.05) is 26.3 Å². The number of rotatable bonds is 4. The summed E-state index contributed by atoms with van der Waals surface area (Å²) in [5.41, 5.74) is 2.13. The van der Waals surface area contributed by atoms with Crippen molar-refractivity contribution in [3.8, 4) is 10.6 Å². The highest BCUT2D eigenvalue weighted by Gasteiger charge is 2.17. The average Bonchev–Trinajstić information content (AvgIpc) is 3.03. The van der Waals surface area contributed by atoms with E-state index in [1.807, 2.05) is 36.7 Å². The smallest absolute Gasteiger partial charge is 0.201 e. The Morgan fingerprint density at radius 2 is 2.07 bits per heavy atom. The van der Waals surface area contributed by atoms with Gasteiger partial charge in [-0.1, -0.05) is 11.3 Å². The Bertz CT molecular complexity index is 1100. The number of ether oxygens (including phenoxy) is 1. The molecule has 0 saturated carbocycles. The van der Waals surface area contributed by atoms with Crippen LogP contribution in [0.25, 0.3) is 21.6 Å². The largest absolute Gasteiger partial charge is 0.379 e. The predicted octanol–water partition coefficient (Wildman–Crippen LogP) is 2.67. The predicted molar refractivity (Wildman–Crippen MR) is 109 cm³/mol. The third-order valence-electron chi connectivity index (χ3n) is 4.68. The fraction of sp³-hybridized carbons (Fsp3) is 0.444. The minimum absolute atomic E-state index is 0.0514. The number of hydrogen-bond donors (Lipinski definition) is 0. The van der Waals surface area contributed by atoms with Crippen LogP contribution in [0.15, 0.2) is 23.1 Å². The van der Waals surface area contributed by atoms with E-state index < -0.39 is 0 Å². The van der Waals surface area contributed by atoms with E-state index >= 15 is 0 Å². The average molecular weight is 404 g/mol. The number of hydrogen-bond acceptors (Lipinski definition) is 7. The van der Waals surface area contributed by atoms with E-state index in [1.54, 1.807) is 4.68 Å². The first kappa shape index (κ1) is 18.4. The van der Waals surface area contributed by atoms with Gasteiger partial charge in [0.05, 0.1) is 30.8 Å². The highest BCUT2D eigenvalue weighted by atomic mass is 32.1. The van der Waals surface area contributed by atoms with Crippen LogP contribution in [0.3, 0.4) is 0 Å². The van der Waals surface area contributed by atoms with Crippen molar-refractivity contribution < 1.29 is 4.74 Å². The van der Waals surface area contributed by atoms with Gasteiger partial charge < -0.3 is 9.30 Å². The molecule has 3 aromatic heterocycles. The first-order chi connectivity index (χ1) is 13.1. The lowest BCUT2D eigenvalue weighted by Crippen LogP contribution is -2.37. The number of aryl methyl sites for hydroxylation is 2. The fourth-order valence-electron chi connectivity index (χ4n) is 3.19. The standard InChI is InChI=1S/C18H21N5O2S2/c1-3-22-10-14(15(24)13-5-4-12(2)19-16(13)22)17-20-23(18(26)27-17)11-21-6-8-25-9-7-21/h4-5,10H,3,6-9,11H2,1-2H3. The molecule has 4 heterocycles. The molecule has 0 N–H and O–H groups in total. The van der Waals surface area contributed by atoms with Crippen LogP contribution in [0.4, 0.5) is 0 Å². The van der Waals surface area contributed by atoms with Crippen molar-refractivity contribution >= 4 is 34.6 Å². The summed E-state index contributed by atoms with van der Waals surface area (Å²) >= 11 is 6.87. The monoisotopic (exact) mass is 403 g/mol. The van der Waals surface area contributed by atoms with Gasteiger partial charge in [0.25, 0.3) is 0 Å². The molecule has 27 heavy (non-hydrogen) atoms. The molecule has 3 aromatic rings. The Kier molecular flexibility index (Phi) is 5.18. The normalized spacial score (nSPS) is 15.5. The summed E-state index contributed by atoms with van der Waals surface area (Å²) in [5, 5.41) is 5.92. The van der Waals surface area contributed by atoms with E-state index in [4.69, 9.17) is 17.0 Å². The molecule has 0 atom stereocenters. The second-order valence-corrected chi connectivity index (χ2v) is 8.15. The summed E-state index contributed by atoms with van der Waals surface area (Å²) in [6.45, 7) is 8.48. The zero-order valence-electron chi connectivity index (χ0n) is 15.3. The molecule has 142 valence electrons. The van der Waals surface area contributed by atoms with Gasteiger partial charge in [-0.25, -0.2) is 9.67 Å². The highest BCUT2D eigenvalue weighted by molar-refractivity contribution is 7.73. The van der Waals surface area contributed by atoms with Crippen LogP contribution in [-0.4, -0.2) is 50.5 Å². The molecular formula is C18H21N5O2S2. The van der Waals surface area contributed by atoms with Gasteiger partial charge in [-0.05, 0) is 38.2 Å². The van der Waals surface area contributed by atoms with Crippen LogP contribution in [-0.2, 0) is 18.0 Å². The molecule has 4 rings (SSSR count). The Morgan fingerprint density at radius 1 is 1.30 bits per heavy atom. The van der Waals surface area contributed by atoms with E-state index in [0.29, 0.717) is 32.2 Å². The molecule has 0 aromatic carbocycles. The number of nitrogens with zero attached hydrogens (tertiary/aromatic N) is 5. The minimum atomic E-state index is -0.0514. The van der Waals surface area contributed by atoms with Gasteiger partial charge >= 0.3 is 0 Å². The van der Waals surface area contributed by atoms with E-state index in [1.165, 1.54) is 11.3 Å². The molecule has 0 bridgehead atoms. The Morgan fingerprint density at radius 3 is 2.81 bits per heavy atom. The van der Waals surface area contributed by atoms with E-state index in [0.717, 1.165) is 38.5 Å². The van der Waals surface area contributed by atoms with Crippen molar-refractivity contribution in [3.63, 3.8) is 0 Å². The van der Waals surface area contributed by atoms with Gasteiger partial charge in [-0.2, -0.15) is 5.10 Å². The van der Waals surface area contributed by atoms with Crippen LogP contribution in [0.2, 0.25) is 0 Å². The minimum Gasteiger partial charge on any atom is -0.379 e. The lowest BCUT2D eigenvalue weighted by molar-refractivity contribution is 0.0212. The van der Waals surface area contributed by atoms with Gasteiger partial charge in [0, 0.05) is 31.5 Å². The molecule has 1 aliphatic rings. The molecule has 0 unspecified atom stereocenters. The van der Waals surface area contributed by atoms with Gasteiger partial charge in [-0.3, -0.25) is 9.69 Å². The maximum atomic E-state index is 13.1. The SMILES string of the molecule is CCn1cc(-c2nn(CN3CCOCC3)c(=S)s2)c(=O)c2ccc(C)nc21. The molecule has 0 aliphatic carbocycles. The number of morpholine rings is 1. The van der Waals surface area contributed by atoms with Crippen molar-refractivity contribution in [1.29, 1.82) is 0 Å². The van der Waals surface area contributed by atoms with Crippen molar-refractivity contribution in [1.82, 2.24) is 24.2 Å². The Balaban J connectivity index is 1.77. The third kappa shape index (κ3) is 3.60. The molecule has 1 aliphatic heterocycles. The highest BCUT2D eigenvalue weighted by Crippen LogP contribution is 2.23. The summed E-state index contributed by atoms with van der Waals surface area (Å²) in [5.74, 6) is 0. The van der Waals surface area contributed by atoms with Gasteiger partial charge in [0.15, 0.2) is 8.96 Å². The summed E-state index contributed by atoms with van der Waals surface area (Å²) < 4.78 is 9.85. The molecule has 9 heteroatoms. The molecule has 0 amide bonds. The summed E-state index contributed by atoms with van der Waals surface area (Å²) in [4.78, 5) is 19.9. The lowest BCUT2D eigenvalue weighted by atomic mass is 10.2. The van der Waals surface area contributed by atoms with Gasteiger partial charge in [0.1, 0.15) is 5.65 Å².